The lowest BCUT2D eigenvalue weighted by molar-refractivity contribution is 0.294. The summed E-state index contributed by atoms with van der Waals surface area (Å²) in [5.41, 5.74) is 0. The first-order chi connectivity index (χ1) is 7.50. The summed E-state index contributed by atoms with van der Waals surface area (Å²) in [5, 5.41) is 5.13. The molecule has 88 valence electrons. The molecule has 16 heavy (non-hydrogen) atoms. The van der Waals surface area contributed by atoms with Gasteiger partial charge in [0.15, 0.2) is 0 Å². The molecule has 0 heterocycles. The van der Waals surface area contributed by atoms with E-state index in [4.69, 9.17) is 9.88 Å². The molecule has 0 saturated heterocycles. The summed E-state index contributed by atoms with van der Waals surface area (Å²) in [4.78, 5) is 1.03. The molecule has 0 aromatic heterocycles. The largest absolute Gasteiger partial charge is 0.489 e. The van der Waals surface area contributed by atoms with Gasteiger partial charge in [0.1, 0.15) is 10.6 Å². The van der Waals surface area contributed by atoms with Gasteiger partial charge >= 0.3 is 0 Å². The van der Waals surface area contributed by atoms with Crippen LogP contribution in [0.5, 0.6) is 5.75 Å². The lowest BCUT2D eigenvalue weighted by Gasteiger charge is -2.10. The number of nitrogens with two attached hydrogens (primary N) is 1. The quantitative estimate of drug-likeness (QED) is 0.834. The van der Waals surface area contributed by atoms with Gasteiger partial charge in [-0.05, 0) is 37.3 Å². The van der Waals surface area contributed by atoms with Crippen molar-refractivity contribution >= 4 is 21.8 Å². The Bertz CT molecular complexity index is 495. The Morgan fingerprint density at radius 2 is 2.12 bits per heavy atom. The zero-order chi connectivity index (χ0) is 11.8. The van der Waals surface area contributed by atoms with Gasteiger partial charge in [0.25, 0.3) is 0 Å². The lowest BCUT2D eigenvalue weighted by Crippen LogP contribution is -2.14. The fraction of sp³-hybridized carbons (Fsp3) is 0.400. The van der Waals surface area contributed by atoms with Crippen LogP contribution in [0.3, 0.4) is 0 Å². The molecule has 0 atom stereocenters. The van der Waals surface area contributed by atoms with Gasteiger partial charge in [0.2, 0.25) is 10.0 Å². The molecule has 1 aromatic carbocycles. The highest BCUT2D eigenvalue weighted by molar-refractivity contribution is 7.98. The van der Waals surface area contributed by atoms with Crippen molar-refractivity contribution in [2.75, 3.05) is 6.26 Å². The molecule has 6 heteroatoms. The highest BCUT2D eigenvalue weighted by atomic mass is 32.2. The Kier molecular flexibility index (Phi) is 3.14. The molecule has 1 saturated carbocycles. The number of hydrogen-bond donors (Lipinski definition) is 1. The van der Waals surface area contributed by atoms with Crippen molar-refractivity contribution in [3.05, 3.63) is 18.2 Å². The van der Waals surface area contributed by atoms with Crippen molar-refractivity contribution in [1.82, 2.24) is 0 Å². The van der Waals surface area contributed by atoms with Gasteiger partial charge in [-0.3, -0.25) is 0 Å². The second-order valence-corrected chi connectivity index (χ2v) is 6.08. The molecule has 0 unspecified atom stereocenters. The van der Waals surface area contributed by atoms with E-state index in [1.807, 2.05) is 6.26 Å². The molecule has 1 fully saturated rings. The fourth-order valence-electron chi connectivity index (χ4n) is 1.31. The van der Waals surface area contributed by atoms with Crippen molar-refractivity contribution in [1.29, 1.82) is 0 Å². The number of ether oxygens (including phenoxy) is 1. The van der Waals surface area contributed by atoms with Gasteiger partial charge in [0.05, 0.1) is 6.10 Å². The number of thioether (sulfide) groups is 1. The first-order valence-corrected chi connectivity index (χ1v) is 7.65. The highest BCUT2D eigenvalue weighted by Gasteiger charge is 2.26. The minimum absolute atomic E-state index is 0.0669. The molecule has 4 nitrogen and oxygen atoms in total. The smallest absolute Gasteiger partial charge is 0.241 e. The molecular formula is C10H13NO3S2. The van der Waals surface area contributed by atoms with Gasteiger partial charge in [-0.1, -0.05) is 0 Å². The third kappa shape index (κ3) is 2.69. The minimum Gasteiger partial charge on any atom is -0.489 e. The van der Waals surface area contributed by atoms with Crippen LogP contribution < -0.4 is 9.88 Å². The predicted molar refractivity (Wildman–Crippen MR) is 63.2 cm³/mol. The maximum Gasteiger partial charge on any atom is 0.241 e. The predicted octanol–water partition coefficient (Wildman–Crippen LogP) is 1.60. The molecule has 1 aliphatic carbocycles. The van der Waals surface area contributed by atoms with Crippen molar-refractivity contribution < 1.29 is 13.2 Å². The Morgan fingerprint density at radius 3 is 2.62 bits per heavy atom. The molecule has 0 amide bonds. The zero-order valence-corrected chi connectivity index (χ0v) is 10.5. The van der Waals surface area contributed by atoms with Crippen LogP contribution in [-0.4, -0.2) is 20.8 Å². The number of hydrogen-bond acceptors (Lipinski definition) is 4. The van der Waals surface area contributed by atoms with Crippen LogP contribution in [0.1, 0.15) is 12.8 Å². The SMILES string of the molecule is CSc1ccc(S(N)(=O)=O)c(OC2CC2)c1. The first-order valence-electron chi connectivity index (χ1n) is 4.88. The van der Waals surface area contributed by atoms with Crippen LogP contribution in [0.15, 0.2) is 28.0 Å². The van der Waals surface area contributed by atoms with E-state index in [0.717, 1.165) is 17.7 Å². The zero-order valence-electron chi connectivity index (χ0n) is 8.84. The summed E-state index contributed by atoms with van der Waals surface area (Å²) >= 11 is 1.53. The summed E-state index contributed by atoms with van der Waals surface area (Å²) < 4.78 is 28.2. The van der Waals surface area contributed by atoms with E-state index in [1.54, 1.807) is 12.1 Å². The molecule has 0 spiro atoms. The standard InChI is InChI=1S/C10H13NO3S2/c1-15-8-4-5-10(16(11,12)13)9(6-8)14-7-2-3-7/h4-7H,2-3H2,1H3,(H2,11,12,13). The van der Waals surface area contributed by atoms with E-state index in [1.165, 1.54) is 17.8 Å². The first kappa shape index (κ1) is 11.8. The topological polar surface area (TPSA) is 69.4 Å². The second kappa shape index (κ2) is 4.27. The Labute approximate surface area is 99.2 Å². The van der Waals surface area contributed by atoms with Crippen LogP contribution >= 0.6 is 11.8 Å². The molecule has 0 aliphatic heterocycles. The van der Waals surface area contributed by atoms with E-state index >= 15 is 0 Å². The van der Waals surface area contributed by atoms with E-state index in [2.05, 4.69) is 0 Å². The molecule has 0 bridgehead atoms. The van der Waals surface area contributed by atoms with Crippen molar-refractivity contribution in [3.63, 3.8) is 0 Å². The third-order valence-electron chi connectivity index (χ3n) is 2.28. The van der Waals surface area contributed by atoms with E-state index in [9.17, 15) is 8.42 Å². The summed E-state index contributed by atoms with van der Waals surface area (Å²) in [6, 6.07) is 4.95. The van der Waals surface area contributed by atoms with Crippen molar-refractivity contribution in [2.24, 2.45) is 5.14 Å². The van der Waals surface area contributed by atoms with Crippen LogP contribution in [-0.2, 0) is 10.0 Å². The fourth-order valence-corrected chi connectivity index (χ4v) is 2.38. The number of benzene rings is 1. The molecule has 2 N–H and O–H groups in total. The average molecular weight is 259 g/mol. The van der Waals surface area contributed by atoms with Gasteiger partial charge in [-0.15, -0.1) is 11.8 Å². The van der Waals surface area contributed by atoms with Crippen LogP contribution in [0.4, 0.5) is 0 Å². The maximum atomic E-state index is 11.3. The Morgan fingerprint density at radius 1 is 1.44 bits per heavy atom. The lowest BCUT2D eigenvalue weighted by atomic mass is 10.3. The number of sulfonamides is 1. The maximum absolute atomic E-state index is 11.3. The van der Waals surface area contributed by atoms with Gasteiger partial charge < -0.3 is 4.74 Å². The Balaban J connectivity index is 2.41. The minimum atomic E-state index is -3.71. The van der Waals surface area contributed by atoms with Crippen molar-refractivity contribution in [3.8, 4) is 5.75 Å². The molecule has 1 aromatic rings. The van der Waals surface area contributed by atoms with Gasteiger partial charge in [-0.25, -0.2) is 13.6 Å². The molecule has 2 rings (SSSR count). The number of rotatable bonds is 4. The van der Waals surface area contributed by atoms with Gasteiger partial charge in [0, 0.05) is 4.90 Å². The van der Waals surface area contributed by atoms with E-state index in [-0.39, 0.29) is 11.0 Å². The van der Waals surface area contributed by atoms with Crippen LogP contribution in [0.2, 0.25) is 0 Å². The summed E-state index contributed by atoms with van der Waals surface area (Å²) in [6.07, 6.45) is 4.03. The van der Waals surface area contributed by atoms with E-state index in [0.29, 0.717) is 5.75 Å². The molecule has 1 aliphatic rings. The van der Waals surface area contributed by atoms with Crippen LogP contribution in [0, 0.1) is 0 Å². The van der Waals surface area contributed by atoms with Crippen molar-refractivity contribution in [2.45, 2.75) is 28.7 Å². The van der Waals surface area contributed by atoms with Crippen LogP contribution in [0.25, 0.3) is 0 Å². The highest BCUT2D eigenvalue weighted by Crippen LogP contribution is 2.33. The average Bonchev–Trinajstić information content (AvgIpc) is 3.00. The van der Waals surface area contributed by atoms with E-state index < -0.39 is 10.0 Å². The third-order valence-corrected chi connectivity index (χ3v) is 3.95. The summed E-state index contributed by atoms with van der Waals surface area (Å²) in [7, 11) is -3.71. The number of primary sulfonamides is 1. The Hall–Kier alpha value is -0.720. The van der Waals surface area contributed by atoms with Gasteiger partial charge in [-0.2, -0.15) is 0 Å². The summed E-state index contributed by atoms with van der Waals surface area (Å²) in [5.74, 6) is 0.372. The molecule has 0 radical (unpaired) electrons. The monoisotopic (exact) mass is 259 g/mol. The molecular weight excluding hydrogens is 246 g/mol. The second-order valence-electron chi connectivity index (χ2n) is 3.67. The summed E-state index contributed by atoms with van der Waals surface area (Å²) in [6.45, 7) is 0. The normalized spacial score (nSPS) is 16.1.